The molecule has 2 aliphatic rings. The summed E-state index contributed by atoms with van der Waals surface area (Å²) in [5, 5.41) is 12.2. The molecule has 6 rings (SSSR count). The third-order valence-electron chi connectivity index (χ3n) is 7.97. The van der Waals surface area contributed by atoms with Crippen molar-refractivity contribution in [3.8, 4) is 0 Å². The van der Waals surface area contributed by atoms with Crippen LogP contribution in [0.4, 0.5) is 10.1 Å². The molecule has 1 N–H and O–H groups in total. The van der Waals surface area contributed by atoms with Gasteiger partial charge in [0.2, 0.25) is 5.43 Å². The topological polar surface area (TPSA) is 69.0 Å². The first-order valence-corrected chi connectivity index (χ1v) is 13.5. The first-order chi connectivity index (χ1) is 18.8. The smallest absolute Gasteiger partial charge is 0.341 e. The minimum atomic E-state index is -1.28. The van der Waals surface area contributed by atoms with E-state index in [1.54, 1.807) is 6.07 Å². The Morgan fingerprint density at radius 3 is 2.28 bits per heavy atom. The van der Waals surface area contributed by atoms with Crippen molar-refractivity contribution in [3.63, 3.8) is 0 Å². The van der Waals surface area contributed by atoms with Gasteiger partial charge in [-0.2, -0.15) is 0 Å². The molecule has 7 nitrogen and oxygen atoms in total. The highest BCUT2D eigenvalue weighted by Crippen LogP contribution is 2.38. The first kappa shape index (κ1) is 25.5. The highest BCUT2D eigenvalue weighted by molar-refractivity contribution is 5.93. The van der Waals surface area contributed by atoms with E-state index in [1.165, 1.54) is 34.2 Å². The lowest BCUT2D eigenvalue weighted by Gasteiger charge is -2.36. The average molecular weight is 529 g/mol. The van der Waals surface area contributed by atoms with E-state index >= 15 is 4.39 Å². The number of hydrogen-bond donors (Lipinski definition) is 1. The summed E-state index contributed by atoms with van der Waals surface area (Å²) in [6.45, 7) is 4.64. The van der Waals surface area contributed by atoms with E-state index in [2.05, 4.69) is 60.3 Å². The second kappa shape index (κ2) is 10.1. The van der Waals surface area contributed by atoms with Crippen LogP contribution in [0, 0.1) is 5.82 Å². The van der Waals surface area contributed by atoms with Gasteiger partial charge in [0, 0.05) is 56.9 Å². The highest BCUT2D eigenvalue weighted by Gasteiger charge is 2.28. The molecule has 1 aliphatic carbocycles. The number of halogens is 1. The molecule has 8 heteroatoms. The number of rotatable bonds is 7. The number of piperazine rings is 1. The van der Waals surface area contributed by atoms with Gasteiger partial charge in [0.15, 0.2) is 0 Å². The molecule has 39 heavy (non-hydrogen) atoms. The zero-order valence-electron chi connectivity index (χ0n) is 22.4. The van der Waals surface area contributed by atoms with Crippen molar-refractivity contribution in [3.05, 3.63) is 87.5 Å². The molecule has 202 valence electrons. The summed E-state index contributed by atoms with van der Waals surface area (Å²) in [5.41, 5.74) is 2.75. The van der Waals surface area contributed by atoms with Gasteiger partial charge in [0.25, 0.3) is 0 Å². The standard InChI is InChI=1S/C31H33FN4O3/c1-33(2)17-20-7-8-21(24-6-4-3-5-23(20)24)18-34-11-13-35(14-12-34)29-16-28-25(15-27(29)32)30(37)26(31(38)39)19-36(28)22-9-10-22/h3-8,15-16,19,22H,9-14,17-18H2,1-2H3,(H,38,39). The Bertz CT molecular complexity index is 1640. The Kier molecular flexibility index (Phi) is 6.61. The summed E-state index contributed by atoms with van der Waals surface area (Å²) in [6.07, 6.45) is 3.28. The maximum Gasteiger partial charge on any atom is 0.341 e. The van der Waals surface area contributed by atoms with Gasteiger partial charge in [-0.25, -0.2) is 9.18 Å². The number of carboxylic acids is 1. The lowest BCUT2D eigenvalue weighted by atomic mass is 9.98. The molecule has 3 aromatic carbocycles. The van der Waals surface area contributed by atoms with Crippen LogP contribution in [0.25, 0.3) is 21.7 Å². The van der Waals surface area contributed by atoms with Crippen molar-refractivity contribution < 1.29 is 14.3 Å². The predicted molar refractivity (Wildman–Crippen MR) is 152 cm³/mol. The van der Waals surface area contributed by atoms with Crippen LogP contribution in [0.3, 0.4) is 0 Å². The highest BCUT2D eigenvalue weighted by atomic mass is 19.1. The van der Waals surface area contributed by atoms with Crippen LogP contribution >= 0.6 is 0 Å². The first-order valence-electron chi connectivity index (χ1n) is 13.5. The molecule has 2 heterocycles. The maximum absolute atomic E-state index is 15.4. The minimum Gasteiger partial charge on any atom is -0.477 e. The summed E-state index contributed by atoms with van der Waals surface area (Å²) in [6, 6.07) is 16.2. The van der Waals surface area contributed by atoms with Crippen LogP contribution in [0.2, 0.25) is 0 Å². The molecule has 0 bridgehead atoms. The van der Waals surface area contributed by atoms with Gasteiger partial charge < -0.3 is 19.5 Å². The molecule has 1 aromatic heterocycles. The number of fused-ring (bicyclic) bond motifs is 2. The van der Waals surface area contributed by atoms with E-state index in [1.807, 2.05) is 9.47 Å². The summed E-state index contributed by atoms with van der Waals surface area (Å²) in [4.78, 5) is 31.1. The Morgan fingerprint density at radius 2 is 1.64 bits per heavy atom. The van der Waals surface area contributed by atoms with E-state index in [0.717, 1.165) is 39.0 Å². The summed E-state index contributed by atoms with van der Waals surface area (Å²) < 4.78 is 17.2. The molecule has 0 amide bonds. The average Bonchev–Trinajstić information content (AvgIpc) is 3.76. The number of carboxylic acid groups (broad SMARTS) is 1. The van der Waals surface area contributed by atoms with E-state index in [9.17, 15) is 14.7 Å². The molecule has 2 fully saturated rings. The molecular weight excluding hydrogens is 495 g/mol. The number of anilines is 1. The van der Waals surface area contributed by atoms with Crippen LogP contribution < -0.4 is 10.3 Å². The predicted octanol–water partition coefficient (Wildman–Crippen LogP) is 4.71. The van der Waals surface area contributed by atoms with Gasteiger partial charge in [-0.1, -0.05) is 36.4 Å². The van der Waals surface area contributed by atoms with Crippen molar-refractivity contribution in [2.45, 2.75) is 32.0 Å². The molecule has 0 atom stereocenters. The number of nitrogens with zero attached hydrogens (tertiary/aromatic N) is 4. The van der Waals surface area contributed by atoms with Crippen LogP contribution in [0.5, 0.6) is 0 Å². The number of aromatic carboxylic acids is 1. The van der Waals surface area contributed by atoms with Gasteiger partial charge in [-0.3, -0.25) is 9.69 Å². The van der Waals surface area contributed by atoms with Crippen molar-refractivity contribution >= 4 is 33.3 Å². The van der Waals surface area contributed by atoms with E-state index in [-0.39, 0.29) is 17.0 Å². The molecular formula is C31H33FN4O3. The van der Waals surface area contributed by atoms with Crippen molar-refractivity contribution in [1.29, 1.82) is 0 Å². The second-order valence-electron chi connectivity index (χ2n) is 11.1. The Labute approximate surface area is 226 Å². The zero-order valence-corrected chi connectivity index (χ0v) is 22.4. The van der Waals surface area contributed by atoms with E-state index in [0.29, 0.717) is 24.3 Å². The van der Waals surface area contributed by atoms with Gasteiger partial charge in [-0.15, -0.1) is 0 Å². The molecule has 4 aromatic rings. The summed E-state index contributed by atoms with van der Waals surface area (Å²) >= 11 is 0. The third kappa shape index (κ3) is 4.90. The van der Waals surface area contributed by atoms with Crippen LogP contribution in [0.15, 0.2) is 59.5 Å². The van der Waals surface area contributed by atoms with Gasteiger partial charge in [-0.05, 0) is 61.0 Å². The van der Waals surface area contributed by atoms with Crippen molar-refractivity contribution in [2.75, 3.05) is 45.2 Å². The van der Waals surface area contributed by atoms with E-state index < -0.39 is 17.2 Å². The molecule has 0 spiro atoms. The molecule has 0 unspecified atom stereocenters. The summed E-state index contributed by atoms with van der Waals surface area (Å²) in [5.74, 6) is -1.77. The Hall–Kier alpha value is -3.75. The number of pyridine rings is 1. The molecule has 1 saturated carbocycles. The van der Waals surface area contributed by atoms with Gasteiger partial charge >= 0.3 is 5.97 Å². The fraction of sp³-hybridized carbons (Fsp3) is 0.355. The number of hydrogen-bond acceptors (Lipinski definition) is 5. The third-order valence-corrected chi connectivity index (χ3v) is 7.97. The van der Waals surface area contributed by atoms with Gasteiger partial charge in [0.05, 0.1) is 11.2 Å². The quantitative estimate of drug-likeness (QED) is 0.375. The largest absolute Gasteiger partial charge is 0.477 e. The number of aromatic nitrogens is 1. The normalized spacial score (nSPS) is 16.5. The monoisotopic (exact) mass is 528 g/mol. The SMILES string of the molecule is CN(C)Cc1ccc(CN2CCN(c3cc4c(cc3F)c(=O)c(C(=O)O)cn4C3CC3)CC2)c2ccccc12. The van der Waals surface area contributed by atoms with Crippen molar-refractivity contribution in [2.24, 2.45) is 0 Å². The Balaban J connectivity index is 1.24. The summed E-state index contributed by atoms with van der Waals surface area (Å²) in [7, 11) is 4.16. The lowest BCUT2D eigenvalue weighted by Crippen LogP contribution is -2.46. The number of benzene rings is 3. The zero-order chi connectivity index (χ0) is 27.3. The molecule has 1 aliphatic heterocycles. The lowest BCUT2D eigenvalue weighted by molar-refractivity contribution is 0.0695. The second-order valence-corrected chi connectivity index (χ2v) is 11.1. The van der Waals surface area contributed by atoms with E-state index in [4.69, 9.17) is 0 Å². The Morgan fingerprint density at radius 1 is 0.974 bits per heavy atom. The van der Waals surface area contributed by atoms with Crippen LogP contribution in [-0.4, -0.2) is 65.7 Å². The fourth-order valence-corrected chi connectivity index (χ4v) is 5.84. The molecule has 0 radical (unpaired) electrons. The van der Waals surface area contributed by atoms with Crippen molar-refractivity contribution in [1.82, 2.24) is 14.4 Å². The van der Waals surface area contributed by atoms with Gasteiger partial charge in [0.1, 0.15) is 11.4 Å². The molecule has 1 saturated heterocycles. The minimum absolute atomic E-state index is 0.131. The van der Waals surface area contributed by atoms with Crippen LogP contribution in [-0.2, 0) is 13.1 Å². The number of carbonyl (C=O) groups is 1. The maximum atomic E-state index is 15.4. The van der Waals surface area contributed by atoms with Crippen LogP contribution in [0.1, 0.15) is 40.4 Å². The fourth-order valence-electron chi connectivity index (χ4n) is 5.84.